The van der Waals surface area contributed by atoms with E-state index in [0.29, 0.717) is 11.4 Å². The maximum absolute atomic E-state index is 13.2. The van der Waals surface area contributed by atoms with Gasteiger partial charge in [0, 0.05) is 0 Å². The highest BCUT2D eigenvalue weighted by Crippen LogP contribution is 2.20. The van der Waals surface area contributed by atoms with Crippen LogP contribution in [0.5, 0.6) is 0 Å². The Labute approximate surface area is 184 Å². The van der Waals surface area contributed by atoms with Gasteiger partial charge in [-0.3, -0.25) is 10.9 Å². The molecule has 0 aliphatic carbocycles. The molecule has 4 nitrogen and oxygen atoms in total. The molecule has 2 N–H and O–H groups in total. The molecular weight excluding hydrogens is 406 g/mol. The van der Waals surface area contributed by atoms with E-state index in [-0.39, 0.29) is 11.6 Å². The van der Waals surface area contributed by atoms with Gasteiger partial charge >= 0.3 is 0 Å². The van der Waals surface area contributed by atoms with Crippen LogP contribution in [0.25, 0.3) is 11.1 Å². The summed E-state index contributed by atoms with van der Waals surface area (Å²) in [6.45, 7) is 0. The fourth-order valence-corrected chi connectivity index (χ4v) is 3.00. The first-order valence-corrected chi connectivity index (χ1v) is 9.95. The molecule has 0 atom stereocenters. The van der Waals surface area contributed by atoms with Gasteiger partial charge in [0.1, 0.15) is 11.6 Å². The van der Waals surface area contributed by atoms with Gasteiger partial charge in [-0.15, -0.1) is 0 Å². The van der Waals surface area contributed by atoms with Gasteiger partial charge < -0.3 is 0 Å². The average Bonchev–Trinajstić information content (AvgIpc) is 2.80. The fourth-order valence-electron chi connectivity index (χ4n) is 3.00. The molecule has 6 heteroatoms. The molecule has 0 bridgehead atoms. The van der Waals surface area contributed by atoms with Crippen molar-refractivity contribution in [2.75, 3.05) is 10.9 Å². The van der Waals surface area contributed by atoms with Crippen LogP contribution in [0, 0.1) is 11.6 Å². The third kappa shape index (κ3) is 5.86. The Morgan fingerprint density at radius 3 is 1.31 bits per heavy atom. The molecule has 0 aliphatic heterocycles. The fraction of sp³-hybridized carbons (Fsp3) is 0. The Kier molecular flexibility index (Phi) is 6.63. The predicted molar refractivity (Wildman–Crippen MR) is 127 cm³/mol. The van der Waals surface area contributed by atoms with Crippen LogP contribution < -0.4 is 10.9 Å². The molecule has 0 radical (unpaired) electrons. The van der Waals surface area contributed by atoms with Gasteiger partial charge in [-0.25, -0.2) is 8.78 Å². The highest BCUT2D eigenvalue weighted by molar-refractivity contribution is 5.83. The van der Waals surface area contributed by atoms with Gasteiger partial charge in [0.15, 0.2) is 0 Å². The molecule has 32 heavy (non-hydrogen) atoms. The van der Waals surface area contributed by atoms with Crippen LogP contribution in [-0.4, -0.2) is 12.4 Å². The topological polar surface area (TPSA) is 48.8 Å². The lowest BCUT2D eigenvalue weighted by atomic mass is 10.0. The Morgan fingerprint density at radius 2 is 0.938 bits per heavy atom. The van der Waals surface area contributed by atoms with Gasteiger partial charge in [-0.2, -0.15) is 10.2 Å². The molecule has 0 aromatic heterocycles. The summed E-state index contributed by atoms with van der Waals surface area (Å²) in [6, 6.07) is 28.2. The van der Waals surface area contributed by atoms with Crippen LogP contribution in [-0.2, 0) is 0 Å². The van der Waals surface area contributed by atoms with Crippen molar-refractivity contribution in [3.05, 3.63) is 120 Å². The van der Waals surface area contributed by atoms with Gasteiger partial charge in [-0.05, 0) is 58.7 Å². The largest absolute Gasteiger partial charge is 0.278 e. The Hall–Kier alpha value is -4.32. The maximum atomic E-state index is 13.2. The number of anilines is 2. The van der Waals surface area contributed by atoms with E-state index in [4.69, 9.17) is 0 Å². The molecule has 0 amide bonds. The Morgan fingerprint density at radius 1 is 0.531 bits per heavy atom. The average molecular weight is 426 g/mol. The van der Waals surface area contributed by atoms with Crippen molar-refractivity contribution >= 4 is 23.8 Å². The van der Waals surface area contributed by atoms with E-state index >= 15 is 0 Å². The van der Waals surface area contributed by atoms with Crippen LogP contribution in [0.4, 0.5) is 20.2 Å². The van der Waals surface area contributed by atoms with Gasteiger partial charge in [-0.1, -0.05) is 60.7 Å². The summed E-state index contributed by atoms with van der Waals surface area (Å²) in [5, 5.41) is 8.28. The van der Waals surface area contributed by atoms with Crippen molar-refractivity contribution in [3.8, 4) is 11.1 Å². The number of hydrazone groups is 2. The standard InChI is InChI=1S/C26H20F2N4/c27-23-3-1-5-25(15-23)31-29-17-19-7-11-21(12-8-19)22-13-9-20(10-14-22)18-30-32-26-6-2-4-24(28)16-26/h1-18,31-32H/b29-17+,30-18+. The number of nitrogens with zero attached hydrogens (tertiary/aromatic N) is 2. The zero-order valence-corrected chi connectivity index (χ0v) is 17.0. The molecule has 0 saturated carbocycles. The Bertz CT molecular complexity index is 1130. The number of rotatable bonds is 7. The van der Waals surface area contributed by atoms with E-state index < -0.39 is 0 Å². The summed E-state index contributed by atoms with van der Waals surface area (Å²) in [5.74, 6) is -0.621. The van der Waals surface area contributed by atoms with Gasteiger partial charge in [0.2, 0.25) is 0 Å². The smallest absolute Gasteiger partial charge is 0.125 e. The zero-order valence-electron chi connectivity index (χ0n) is 17.0. The molecule has 0 aliphatic rings. The third-order valence-electron chi connectivity index (χ3n) is 4.62. The van der Waals surface area contributed by atoms with Gasteiger partial charge in [0.05, 0.1) is 23.8 Å². The third-order valence-corrected chi connectivity index (χ3v) is 4.62. The molecule has 0 unspecified atom stereocenters. The lowest BCUT2D eigenvalue weighted by Crippen LogP contribution is -1.92. The number of halogens is 2. The number of nitrogens with one attached hydrogen (secondary N) is 2. The van der Waals surface area contributed by atoms with Crippen molar-refractivity contribution in [1.82, 2.24) is 0 Å². The number of benzene rings is 4. The van der Waals surface area contributed by atoms with E-state index in [1.54, 1.807) is 36.7 Å². The van der Waals surface area contributed by atoms with Crippen molar-refractivity contribution in [2.45, 2.75) is 0 Å². The lowest BCUT2D eigenvalue weighted by Gasteiger charge is -2.04. The molecule has 4 rings (SSSR count). The first-order chi connectivity index (χ1) is 15.7. The van der Waals surface area contributed by atoms with Crippen molar-refractivity contribution in [2.24, 2.45) is 10.2 Å². The van der Waals surface area contributed by atoms with E-state index in [2.05, 4.69) is 21.1 Å². The summed E-state index contributed by atoms with van der Waals surface area (Å²) in [4.78, 5) is 0. The highest BCUT2D eigenvalue weighted by atomic mass is 19.1. The second-order valence-electron chi connectivity index (χ2n) is 7.00. The molecule has 0 spiro atoms. The summed E-state index contributed by atoms with van der Waals surface area (Å²) >= 11 is 0. The van der Waals surface area contributed by atoms with Crippen LogP contribution in [0.1, 0.15) is 11.1 Å². The SMILES string of the molecule is Fc1cccc(N/N=C/c2ccc(-c3ccc(/C=N/Nc4cccc(F)c4)cc3)cc2)c1. The molecule has 4 aromatic carbocycles. The quantitative estimate of drug-likeness (QED) is 0.261. The molecule has 0 heterocycles. The van der Waals surface area contributed by atoms with E-state index in [1.165, 1.54) is 24.3 Å². The summed E-state index contributed by atoms with van der Waals surface area (Å²) < 4.78 is 26.4. The number of hydrogen-bond donors (Lipinski definition) is 2. The van der Waals surface area contributed by atoms with Crippen molar-refractivity contribution in [1.29, 1.82) is 0 Å². The molecule has 0 fully saturated rings. The van der Waals surface area contributed by atoms with Crippen LogP contribution in [0.3, 0.4) is 0 Å². The lowest BCUT2D eigenvalue weighted by molar-refractivity contribution is 0.628. The highest BCUT2D eigenvalue weighted by Gasteiger charge is 1.99. The molecule has 4 aromatic rings. The second kappa shape index (κ2) is 10.1. The van der Waals surface area contributed by atoms with E-state index in [0.717, 1.165) is 22.3 Å². The minimum atomic E-state index is -0.310. The van der Waals surface area contributed by atoms with Crippen molar-refractivity contribution < 1.29 is 8.78 Å². The summed E-state index contributed by atoms with van der Waals surface area (Å²) in [5.41, 5.74) is 10.8. The summed E-state index contributed by atoms with van der Waals surface area (Å²) in [6.07, 6.45) is 3.36. The second-order valence-corrected chi connectivity index (χ2v) is 7.00. The zero-order chi connectivity index (χ0) is 22.2. The predicted octanol–water partition coefficient (Wildman–Crippen LogP) is 6.52. The van der Waals surface area contributed by atoms with E-state index in [1.807, 2.05) is 48.5 Å². The normalized spacial score (nSPS) is 11.2. The van der Waals surface area contributed by atoms with Gasteiger partial charge in [0.25, 0.3) is 0 Å². The minimum absolute atomic E-state index is 0.310. The molecule has 0 saturated heterocycles. The molecular formula is C26H20F2N4. The van der Waals surface area contributed by atoms with Crippen LogP contribution >= 0.6 is 0 Å². The van der Waals surface area contributed by atoms with Crippen LogP contribution in [0.15, 0.2) is 107 Å². The maximum Gasteiger partial charge on any atom is 0.125 e. The minimum Gasteiger partial charge on any atom is -0.278 e. The summed E-state index contributed by atoms with van der Waals surface area (Å²) in [7, 11) is 0. The van der Waals surface area contributed by atoms with E-state index in [9.17, 15) is 8.78 Å². The first-order valence-electron chi connectivity index (χ1n) is 9.95. The monoisotopic (exact) mass is 426 g/mol. The van der Waals surface area contributed by atoms with Crippen molar-refractivity contribution in [3.63, 3.8) is 0 Å². The van der Waals surface area contributed by atoms with Crippen LogP contribution in [0.2, 0.25) is 0 Å². The Balaban J connectivity index is 1.34. The first kappa shape index (κ1) is 20.9. The number of hydrogen-bond acceptors (Lipinski definition) is 4. The molecule has 158 valence electrons.